The third kappa shape index (κ3) is 3.55. The maximum absolute atomic E-state index is 12.5. The van der Waals surface area contributed by atoms with Crippen LogP contribution < -0.4 is 0 Å². The molecule has 0 bridgehead atoms. The summed E-state index contributed by atoms with van der Waals surface area (Å²) >= 11 is 1.64. The molecule has 0 aliphatic heterocycles. The number of hydrogen-bond acceptors (Lipinski definition) is 2. The van der Waals surface area contributed by atoms with Crippen LogP contribution in [0.3, 0.4) is 0 Å². The predicted octanol–water partition coefficient (Wildman–Crippen LogP) is 4.93. The molecule has 3 rings (SSSR count). The molecule has 0 N–H and O–H groups in total. The van der Waals surface area contributed by atoms with Gasteiger partial charge >= 0.3 is 0 Å². The van der Waals surface area contributed by atoms with Gasteiger partial charge in [-0.15, -0.1) is 0 Å². The molecule has 1 aliphatic carbocycles. The smallest absolute Gasteiger partial charge is 0.145 e. The molecule has 4 heteroatoms. The maximum Gasteiger partial charge on any atom is 0.145 e. The van der Waals surface area contributed by atoms with Crippen molar-refractivity contribution >= 4 is 28.0 Å². The summed E-state index contributed by atoms with van der Waals surface area (Å²) in [5, 5.41) is 4.09. The first-order valence-corrected chi connectivity index (χ1v) is 9.64. The third-order valence-corrected chi connectivity index (χ3v) is 5.80. The highest BCUT2D eigenvalue weighted by Gasteiger charge is 2.24. The van der Waals surface area contributed by atoms with Crippen molar-refractivity contribution < 1.29 is 4.21 Å². The highest BCUT2D eigenvalue weighted by Crippen LogP contribution is 2.40. The standard InChI is InChI=1S/C18H21NOS2/c1-18(2,3)22(20)19-17(16-10-11-21-12-16)15-8-6-14(7-9-15)13-4-5-13/h6-13H,4-5H2,1-3H3/b19-17-. The first kappa shape index (κ1) is 15.6. The molecule has 0 radical (unpaired) electrons. The second-order valence-corrected chi connectivity index (χ2v) is 9.40. The number of benzene rings is 1. The second kappa shape index (κ2) is 6.09. The van der Waals surface area contributed by atoms with Crippen LogP contribution in [0, 0.1) is 0 Å². The largest absolute Gasteiger partial charge is 0.234 e. The quantitative estimate of drug-likeness (QED) is 0.731. The van der Waals surface area contributed by atoms with E-state index < -0.39 is 11.0 Å². The van der Waals surface area contributed by atoms with E-state index in [-0.39, 0.29) is 4.75 Å². The molecule has 2 aromatic rings. The van der Waals surface area contributed by atoms with E-state index >= 15 is 0 Å². The van der Waals surface area contributed by atoms with Crippen molar-refractivity contribution in [3.05, 3.63) is 57.8 Å². The molecule has 1 aliphatic rings. The van der Waals surface area contributed by atoms with Crippen LogP contribution in [0.1, 0.15) is 56.2 Å². The van der Waals surface area contributed by atoms with E-state index in [2.05, 4.69) is 34.0 Å². The van der Waals surface area contributed by atoms with Crippen LogP contribution in [0.2, 0.25) is 0 Å². The normalized spacial score (nSPS) is 17.5. The summed E-state index contributed by atoms with van der Waals surface area (Å²) in [5.41, 5.74) is 4.32. The van der Waals surface area contributed by atoms with Gasteiger partial charge in [0.1, 0.15) is 11.0 Å². The zero-order chi connectivity index (χ0) is 15.7. The van der Waals surface area contributed by atoms with Gasteiger partial charge in [0.15, 0.2) is 0 Å². The Kier molecular flexibility index (Phi) is 4.33. The lowest BCUT2D eigenvalue weighted by Gasteiger charge is -2.15. The predicted molar refractivity (Wildman–Crippen MR) is 96.3 cm³/mol. The van der Waals surface area contributed by atoms with Crippen molar-refractivity contribution in [2.75, 3.05) is 0 Å². The fraction of sp³-hybridized carbons (Fsp3) is 0.389. The molecule has 1 aromatic carbocycles. The molecule has 0 amide bonds. The molecule has 1 atom stereocenters. The first-order chi connectivity index (χ1) is 10.4. The van der Waals surface area contributed by atoms with Crippen molar-refractivity contribution in [1.29, 1.82) is 0 Å². The zero-order valence-corrected chi connectivity index (χ0v) is 14.8. The van der Waals surface area contributed by atoms with Crippen LogP contribution in [0.5, 0.6) is 0 Å². The van der Waals surface area contributed by atoms with Crippen molar-refractivity contribution in [3.8, 4) is 0 Å². The topological polar surface area (TPSA) is 29.4 Å². The Morgan fingerprint density at radius 1 is 1.14 bits per heavy atom. The van der Waals surface area contributed by atoms with E-state index in [1.54, 1.807) is 11.3 Å². The van der Waals surface area contributed by atoms with E-state index in [1.165, 1.54) is 18.4 Å². The van der Waals surface area contributed by atoms with Crippen molar-refractivity contribution in [2.45, 2.75) is 44.3 Å². The SMILES string of the molecule is CC(C)(C)S(=O)/N=C(/c1ccc(C2CC2)cc1)c1ccsc1. The minimum Gasteiger partial charge on any atom is -0.234 e. The van der Waals surface area contributed by atoms with E-state index in [0.717, 1.165) is 22.8 Å². The van der Waals surface area contributed by atoms with Crippen LogP contribution in [0.4, 0.5) is 0 Å². The molecule has 2 nitrogen and oxygen atoms in total. The number of thiophene rings is 1. The Hall–Kier alpha value is -1.26. The Morgan fingerprint density at radius 3 is 2.32 bits per heavy atom. The molecular formula is C18H21NOS2. The summed E-state index contributed by atoms with van der Waals surface area (Å²) in [5.74, 6) is 0.749. The molecule has 1 aromatic heterocycles. The van der Waals surface area contributed by atoms with E-state index in [9.17, 15) is 4.21 Å². The molecular weight excluding hydrogens is 310 g/mol. The zero-order valence-electron chi connectivity index (χ0n) is 13.2. The Labute approximate surface area is 138 Å². The third-order valence-electron chi connectivity index (χ3n) is 3.73. The molecule has 1 unspecified atom stereocenters. The average Bonchev–Trinajstić information content (AvgIpc) is 3.19. The first-order valence-electron chi connectivity index (χ1n) is 7.59. The van der Waals surface area contributed by atoms with Crippen LogP contribution in [-0.2, 0) is 11.0 Å². The summed E-state index contributed by atoms with van der Waals surface area (Å²) in [6.07, 6.45) is 2.61. The second-order valence-electron chi connectivity index (χ2n) is 6.71. The molecule has 1 saturated carbocycles. The Bertz CT molecular complexity index is 690. The summed E-state index contributed by atoms with van der Waals surface area (Å²) in [4.78, 5) is 0. The van der Waals surface area contributed by atoms with Crippen molar-refractivity contribution in [2.24, 2.45) is 4.40 Å². The van der Waals surface area contributed by atoms with Gasteiger partial charge in [0.25, 0.3) is 0 Å². The fourth-order valence-corrected chi connectivity index (χ4v) is 3.51. The van der Waals surface area contributed by atoms with E-state index in [4.69, 9.17) is 0 Å². The number of hydrogen-bond donors (Lipinski definition) is 0. The molecule has 22 heavy (non-hydrogen) atoms. The monoisotopic (exact) mass is 331 g/mol. The molecule has 0 saturated heterocycles. The molecule has 0 spiro atoms. The fourth-order valence-electron chi connectivity index (χ4n) is 2.22. The van der Waals surface area contributed by atoms with Gasteiger partial charge in [-0.05, 0) is 56.5 Å². The lowest BCUT2D eigenvalue weighted by molar-refractivity contribution is 0.650. The highest BCUT2D eigenvalue weighted by molar-refractivity contribution is 7.85. The molecule has 116 valence electrons. The summed E-state index contributed by atoms with van der Waals surface area (Å²) in [6, 6.07) is 10.6. The Balaban J connectivity index is 1.98. The van der Waals surface area contributed by atoms with Crippen LogP contribution in [0.25, 0.3) is 0 Å². The maximum atomic E-state index is 12.5. The lowest BCUT2D eigenvalue weighted by atomic mass is 10.0. The van der Waals surface area contributed by atoms with Crippen LogP contribution in [-0.4, -0.2) is 14.7 Å². The average molecular weight is 332 g/mol. The van der Waals surface area contributed by atoms with Gasteiger partial charge < -0.3 is 0 Å². The van der Waals surface area contributed by atoms with Gasteiger partial charge in [-0.3, -0.25) is 0 Å². The number of nitrogens with zero attached hydrogens (tertiary/aromatic N) is 1. The Morgan fingerprint density at radius 2 is 1.82 bits per heavy atom. The van der Waals surface area contributed by atoms with Gasteiger partial charge in [-0.25, -0.2) is 4.21 Å². The lowest BCUT2D eigenvalue weighted by Crippen LogP contribution is -2.21. The summed E-state index contributed by atoms with van der Waals surface area (Å²) < 4.78 is 16.6. The van der Waals surface area contributed by atoms with E-state index in [0.29, 0.717) is 0 Å². The van der Waals surface area contributed by atoms with Gasteiger partial charge in [0, 0.05) is 16.5 Å². The van der Waals surface area contributed by atoms with Gasteiger partial charge in [0.05, 0.1) is 10.5 Å². The molecule has 1 heterocycles. The minimum atomic E-state index is -1.26. The van der Waals surface area contributed by atoms with E-state index in [1.807, 2.05) is 32.2 Å². The number of rotatable bonds is 4. The summed E-state index contributed by atoms with van der Waals surface area (Å²) in [6.45, 7) is 5.86. The van der Waals surface area contributed by atoms with Crippen molar-refractivity contribution in [1.82, 2.24) is 0 Å². The molecule has 1 fully saturated rings. The van der Waals surface area contributed by atoms with Crippen LogP contribution >= 0.6 is 11.3 Å². The highest BCUT2D eigenvalue weighted by atomic mass is 32.2. The summed E-state index contributed by atoms with van der Waals surface area (Å²) in [7, 11) is -1.26. The van der Waals surface area contributed by atoms with Gasteiger partial charge in [-0.2, -0.15) is 15.7 Å². The minimum absolute atomic E-state index is 0.352. The van der Waals surface area contributed by atoms with Crippen LogP contribution in [0.15, 0.2) is 45.5 Å². The van der Waals surface area contributed by atoms with Crippen molar-refractivity contribution in [3.63, 3.8) is 0 Å². The van der Waals surface area contributed by atoms with Gasteiger partial charge in [0.2, 0.25) is 0 Å². The van der Waals surface area contributed by atoms with Gasteiger partial charge in [-0.1, -0.05) is 24.3 Å².